The van der Waals surface area contributed by atoms with E-state index in [2.05, 4.69) is 5.32 Å². The number of benzene rings is 1. The standard InChI is InChI=1S/C16H20N2O4/c1-9-5-4-6-13(10(9)2)18-8-12(7-14(18)19)15(20)17-11(3)16(21)22/h4-6,11-12H,7-8H2,1-3H3,(H,17,20)(H,21,22)/t11-,12?/m1/s1. The van der Waals surface area contributed by atoms with E-state index in [0.717, 1.165) is 16.8 Å². The number of hydrogen-bond donors (Lipinski definition) is 2. The Morgan fingerprint density at radius 3 is 2.68 bits per heavy atom. The Balaban J connectivity index is 2.12. The van der Waals surface area contributed by atoms with Crippen molar-refractivity contribution in [2.24, 2.45) is 5.92 Å². The molecule has 1 aromatic rings. The number of hydrogen-bond acceptors (Lipinski definition) is 3. The molecule has 1 aliphatic rings. The van der Waals surface area contributed by atoms with Crippen LogP contribution in [0.25, 0.3) is 0 Å². The van der Waals surface area contributed by atoms with Crippen molar-refractivity contribution in [2.75, 3.05) is 11.4 Å². The molecule has 1 saturated heterocycles. The van der Waals surface area contributed by atoms with Crippen molar-refractivity contribution < 1.29 is 19.5 Å². The molecule has 118 valence electrons. The first-order valence-electron chi connectivity index (χ1n) is 7.21. The van der Waals surface area contributed by atoms with E-state index in [1.54, 1.807) is 4.90 Å². The van der Waals surface area contributed by atoms with Gasteiger partial charge >= 0.3 is 5.97 Å². The summed E-state index contributed by atoms with van der Waals surface area (Å²) in [4.78, 5) is 36.7. The largest absolute Gasteiger partial charge is 0.480 e. The van der Waals surface area contributed by atoms with Gasteiger partial charge in [0, 0.05) is 18.7 Å². The predicted octanol–water partition coefficient (Wildman–Crippen LogP) is 1.25. The van der Waals surface area contributed by atoms with E-state index in [0.29, 0.717) is 0 Å². The van der Waals surface area contributed by atoms with Crippen LogP contribution in [0.5, 0.6) is 0 Å². The SMILES string of the molecule is Cc1cccc(N2CC(C(=O)N[C@H](C)C(=O)O)CC2=O)c1C. The molecule has 2 amide bonds. The Kier molecular flexibility index (Phi) is 4.49. The minimum atomic E-state index is -1.09. The first-order valence-corrected chi connectivity index (χ1v) is 7.21. The van der Waals surface area contributed by atoms with Gasteiger partial charge in [-0.15, -0.1) is 0 Å². The lowest BCUT2D eigenvalue weighted by Gasteiger charge is -2.20. The van der Waals surface area contributed by atoms with Gasteiger partial charge in [-0.25, -0.2) is 0 Å². The van der Waals surface area contributed by atoms with Crippen LogP contribution in [-0.2, 0) is 14.4 Å². The zero-order valence-electron chi connectivity index (χ0n) is 12.9. The van der Waals surface area contributed by atoms with Gasteiger partial charge < -0.3 is 15.3 Å². The lowest BCUT2D eigenvalue weighted by Crippen LogP contribution is -2.42. The highest BCUT2D eigenvalue weighted by molar-refractivity contribution is 6.01. The van der Waals surface area contributed by atoms with E-state index >= 15 is 0 Å². The highest BCUT2D eigenvalue weighted by Gasteiger charge is 2.36. The molecule has 0 spiro atoms. The van der Waals surface area contributed by atoms with Crippen molar-refractivity contribution >= 4 is 23.5 Å². The number of aliphatic carboxylic acids is 1. The third kappa shape index (κ3) is 3.10. The number of anilines is 1. The number of nitrogens with zero attached hydrogens (tertiary/aromatic N) is 1. The summed E-state index contributed by atoms with van der Waals surface area (Å²) >= 11 is 0. The summed E-state index contributed by atoms with van der Waals surface area (Å²) in [6.45, 7) is 5.59. The van der Waals surface area contributed by atoms with Gasteiger partial charge in [-0.3, -0.25) is 14.4 Å². The van der Waals surface area contributed by atoms with Crippen molar-refractivity contribution in [2.45, 2.75) is 33.2 Å². The number of rotatable bonds is 4. The van der Waals surface area contributed by atoms with E-state index in [-0.39, 0.29) is 18.9 Å². The van der Waals surface area contributed by atoms with Crippen LogP contribution in [-0.4, -0.2) is 35.5 Å². The Bertz CT molecular complexity index is 627. The summed E-state index contributed by atoms with van der Waals surface area (Å²) in [5.74, 6) is -2.12. The number of carboxylic acid groups (broad SMARTS) is 1. The quantitative estimate of drug-likeness (QED) is 0.876. The molecule has 1 aliphatic heterocycles. The first kappa shape index (κ1) is 16.0. The molecular weight excluding hydrogens is 284 g/mol. The van der Waals surface area contributed by atoms with Gasteiger partial charge in [-0.05, 0) is 38.0 Å². The maximum Gasteiger partial charge on any atom is 0.325 e. The maximum absolute atomic E-state index is 12.2. The molecule has 2 N–H and O–H groups in total. The van der Waals surface area contributed by atoms with Crippen LogP contribution in [0.2, 0.25) is 0 Å². The van der Waals surface area contributed by atoms with Crippen molar-refractivity contribution in [1.29, 1.82) is 0 Å². The van der Waals surface area contributed by atoms with Crippen LogP contribution in [0.3, 0.4) is 0 Å². The van der Waals surface area contributed by atoms with Crippen LogP contribution >= 0.6 is 0 Å². The molecule has 2 atom stereocenters. The van der Waals surface area contributed by atoms with Crippen LogP contribution in [0, 0.1) is 19.8 Å². The van der Waals surface area contributed by atoms with E-state index < -0.39 is 23.8 Å². The van der Waals surface area contributed by atoms with E-state index in [1.165, 1.54) is 6.92 Å². The Morgan fingerprint density at radius 1 is 1.36 bits per heavy atom. The molecule has 0 aliphatic carbocycles. The second-order valence-corrected chi connectivity index (χ2v) is 5.69. The topological polar surface area (TPSA) is 86.7 Å². The molecule has 0 saturated carbocycles. The third-order valence-electron chi connectivity index (χ3n) is 4.09. The van der Waals surface area contributed by atoms with Crippen molar-refractivity contribution in [3.05, 3.63) is 29.3 Å². The second kappa shape index (κ2) is 6.17. The molecule has 22 heavy (non-hydrogen) atoms. The minimum absolute atomic E-state index is 0.103. The van der Waals surface area contributed by atoms with Gasteiger partial charge in [-0.1, -0.05) is 12.1 Å². The zero-order chi connectivity index (χ0) is 16.4. The van der Waals surface area contributed by atoms with Gasteiger partial charge in [0.25, 0.3) is 0 Å². The van der Waals surface area contributed by atoms with Gasteiger partial charge in [0.1, 0.15) is 6.04 Å². The number of amides is 2. The Labute approximate surface area is 129 Å². The first-order chi connectivity index (χ1) is 10.3. The summed E-state index contributed by atoms with van der Waals surface area (Å²) in [5.41, 5.74) is 2.90. The van der Waals surface area contributed by atoms with E-state index in [4.69, 9.17) is 5.11 Å². The molecule has 1 aromatic carbocycles. The summed E-state index contributed by atoms with van der Waals surface area (Å²) in [6.07, 6.45) is 0.103. The van der Waals surface area contributed by atoms with E-state index in [9.17, 15) is 14.4 Å². The van der Waals surface area contributed by atoms with Gasteiger partial charge in [-0.2, -0.15) is 0 Å². The molecule has 0 bridgehead atoms. The molecule has 6 nitrogen and oxygen atoms in total. The molecular formula is C16H20N2O4. The number of aryl methyl sites for hydroxylation is 1. The van der Waals surface area contributed by atoms with Gasteiger partial charge in [0.2, 0.25) is 11.8 Å². The molecule has 2 rings (SSSR count). The van der Waals surface area contributed by atoms with Crippen LogP contribution < -0.4 is 10.2 Å². The van der Waals surface area contributed by atoms with Crippen LogP contribution in [0.4, 0.5) is 5.69 Å². The molecule has 6 heteroatoms. The summed E-state index contributed by atoms with van der Waals surface area (Å²) < 4.78 is 0. The van der Waals surface area contributed by atoms with Crippen molar-refractivity contribution in [3.8, 4) is 0 Å². The third-order valence-corrected chi connectivity index (χ3v) is 4.09. The fourth-order valence-electron chi connectivity index (χ4n) is 2.54. The summed E-state index contributed by atoms with van der Waals surface area (Å²) in [7, 11) is 0. The summed E-state index contributed by atoms with van der Waals surface area (Å²) in [6, 6.07) is 4.75. The monoisotopic (exact) mass is 304 g/mol. The van der Waals surface area contributed by atoms with E-state index in [1.807, 2.05) is 32.0 Å². The highest BCUT2D eigenvalue weighted by atomic mass is 16.4. The lowest BCUT2D eigenvalue weighted by atomic mass is 10.1. The number of carboxylic acids is 1. The number of carbonyl (C=O) groups is 3. The molecule has 0 radical (unpaired) electrons. The highest BCUT2D eigenvalue weighted by Crippen LogP contribution is 2.29. The van der Waals surface area contributed by atoms with Crippen LogP contribution in [0.15, 0.2) is 18.2 Å². The Hall–Kier alpha value is -2.37. The van der Waals surface area contributed by atoms with Crippen molar-refractivity contribution in [1.82, 2.24) is 5.32 Å². The molecule has 1 fully saturated rings. The lowest BCUT2D eigenvalue weighted by molar-refractivity contribution is -0.141. The Morgan fingerprint density at radius 2 is 2.05 bits per heavy atom. The average molecular weight is 304 g/mol. The smallest absolute Gasteiger partial charge is 0.325 e. The normalized spacial score (nSPS) is 19.1. The molecule has 1 heterocycles. The average Bonchev–Trinajstić information content (AvgIpc) is 2.83. The zero-order valence-corrected chi connectivity index (χ0v) is 12.9. The summed E-state index contributed by atoms with van der Waals surface area (Å²) in [5, 5.41) is 11.3. The fourth-order valence-corrected chi connectivity index (χ4v) is 2.54. The van der Waals surface area contributed by atoms with Gasteiger partial charge in [0.05, 0.1) is 5.92 Å². The maximum atomic E-state index is 12.2. The molecule has 1 unspecified atom stereocenters. The fraction of sp³-hybridized carbons (Fsp3) is 0.438. The number of carbonyl (C=O) groups excluding carboxylic acids is 2. The molecule has 0 aromatic heterocycles. The predicted molar refractivity (Wildman–Crippen MR) is 81.6 cm³/mol. The number of nitrogens with one attached hydrogen (secondary N) is 1. The second-order valence-electron chi connectivity index (χ2n) is 5.69. The van der Waals surface area contributed by atoms with Crippen molar-refractivity contribution in [3.63, 3.8) is 0 Å². The minimum Gasteiger partial charge on any atom is -0.480 e. The van der Waals surface area contributed by atoms with Gasteiger partial charge in [0.15, 0.2) is 0 Å². The van der Waals surface area contributed by atoms with Crippen LogP contribution in [0.1, 0.15) is 24.5 Å².